The lowest BCUT2D eigenvalue weighted by molar-refractivity contribution is 0.324. The van der Waals surface area contributed by atoms with E-state index in [0.29, 0.717) is 29.0 Å². The first-order valence-corrected chi connectivity index (χ1v) is 8.21. The van der Waals surface area contributed by atoms with E-state index in [1.165, 1.54) is 0 Å². The first-order chi connectivity index (χ1) is 12.6. The molecule has 0 amide bonds. The molecule has 26 heavy (non-hydrogen) atoms. The van der Waals surface area contributed by atoms with Crippen molar-refractivity contribution >= 4 is 18.0 Å². The van der Waals surface area contributed by atoms with Crippen LogP contribution in [-0.2, 0) is 0 Å². The van der Waals surface area contributed by atoms with Crippen LogP contribution in [0.2, 0.25) is 0 Å². The number of rotatable bonds is 8. The maximum absolute atomic E-state index is 9.21. The molecule has 2 aromatic rings. The number of benzene rings is 1. The van der Waals surface area contributed by atoms with Crippen molar-refractivity contribution in [2.75, 3.05) is 26.6 Å². The molecule has 1 aromatic carbocycles. The van der Waals surface area contributed by atoms with Crippen LogP contribution in [0.5, 0.6) is 17.2 Å². The minimum absolute atomic E-state index is 0.182. The lowest BCUT2D eigenvalue weighted by Gasteiger charge is -2.12. The number of nitrogens with one attached hydrogen (secondary N) is 1. The number of hydrogen-bond donors (Lipinski definition) is 1. The molecule has 0 aliphatic carbocycles. The zero-order chi connectivity index (χ0) is 19.1. The van der Waals surface area contributed by atoms with Gasteiger partial charge in [-0.15, -0.1) is 0 Å². The SMILES string of the molecule is CCC(C)Nc1oc(C=Cc2cc(OC)c(OC)c(OC)c2)nc1C#N. The van der Waals surface area contributed by atoms with Crippen LogP contribution in [0, 0.1) is 11.3 Å². The molecule has 0 fully saturated rings. The third-order valence-corrected chi connectivity index (χ3v) is 3.84. The molecule has 0 saturated heterocycles. The quantitative estimate of drug-likeness (QED) is 0.765. The Morgan fingerprint density at radius 2 is 1.85 bits per heavy atom. The van der Waals surface area contributed by atoms with Gasteiger partial charge in [0, 0.05) is 12.1 Å². The van der Waals surface area contributed by atoms with E-state index >= 15 is 0 Å². The fourth-order valence-electron chi connectivity index (χ4n) is 2.27. The molecular weight excluding hydrogens is 334 g/mol. The normalized spacial score (nSPS) is 11.8. The van der Waals surface area contributed by atoms with Crippen molar-refractivity contribution in [1.82, 2.24) is 4.98 Å². The third-order valence-electron chi connectivity index (χ3n) is 3.84. The highest BCUT2D eigenvalue weighted by Crippen LogP contribution is 2.38. The molecule has 0 spiro atoms. The lowest BCUT2D eigenvalue weighted by Crippen LogP contribution is -2.13. The second-order valence-corrected chi connectivity index (χ2v) is 5.59. The Labute approximate surface area is 153 Å². The predicted octanol–water partition coefficient (Wildman–Crippen LogP) is 3.95. The molecule has 2 rings (SSSR count). The van der Waals surface area contributed by atoms with Gasteiger partial charge < -0.3 is 23.9 Å². The Bertz CT molecular complexity index is 796. The van der Waals surface area contributed by atoms with Crippen LogP contribution in [0.25, 0.3) is 12.2 Å². The van der Waals surface area contributed by atoms with Gasteiger partial charge in [-0.05, 0) is 37.1 Å². The van der Waals surface area contributed by atoms with Gasteiger partial charge in [-0.3, -0.25) is 0 Å². The van der Waals surface area contributed by atoms with Crippen LogP contribution in [-0.4, -0.2) is 32.4 Å². The van der Waals surface area contributed by atoms with E-state index in [1.54, 1.807) is 33.5 Å². The van der Waals surface area contributed by atoms with Crippen molar-refractivity contribution in [3.8, 4) is 23.3 Å². The van der Waals surface area contributed by atoms with Crippen LogP contribution in [0.1, 0.15) is 37.4 Å². The molecule has 0 aliphatic rings. The summed E-state index contributed by atoms with van der Waals surface area (Å²) in [5.41, 5.74) is 1.04. The molecule has 0 radical (unpaired) electrons. The van der Waals surface area contributed by atoms with E-state index in [0.717, 1.165) is 12.0 Å². The summed E-state index contributed by atoms with van der Waals surface area (Å²) < 4.78 is 21.6. The zero-order valence-electron chi connectivity index (χ0n) is 15.6. The topological polar surface area (TPSA) is 89.5 Å². The summed E-state index contributed by atoms with van der Waals surface area (Å²) in [5.74, 6) is 2.34. The van der Waals surface area contributed by atoms with Gasteiger partial charge in [0.1, 0.15) is 6.07 Å². The van der Waals surface area contributed by atoms with Gasteiger partial charge in [0.25, 0.3) is 0 Å². The van der Waals surface area contributed by atoms with Crippen molar-refractivity contribution in [1.29, 1.82) is 5.26 Å². The fraction of sp³-hybridized carbons (Fsp3) is 0.368. The van der Waals surface area contributed by atoms with Crippen LogP contribution in [0.3, 0.4) is 0 Å². The Morgan fingerprint density at radius 3 is 2.35 bits per heavy atom. The highest BCUT2D eigenvalue weighted by molar-refractivity contribution is 5.71. The van der Waals surface area contributed by atoms with Gasteiger partial charge in [0.2, 0.25) is 23.2 Å². The number of hydrogen-bond acceptors (Lipinski definition) is 7. The average molecular weight is 357 g/mol. The number of anilines is 1. The van der Waals surface area contributed by atoms with Crippen LogP contribution < -0.4 is 19.5 Å². The standard InChI is InChI=1S/C19H23N3O4/c1-6-12(2)21-19-14(11-20)22-17(26-19)8-7-13-9-15(23-3)18(25-5)16(10-13)24-4/h7-10,12,21H,6H2,1-5H3. The Kier molecular flexibility index (Phi) is 6.50. The highest BCUT2D eigenvalue weighted by Gasteiger charge is 2.14. The van der Waals surface area contributed by atoms with E-state index in [9.17, 15) is 5.26 Å². The summed E-state index contributed by atoms with van der Waals surface area (Å²) in [7, 11) is 4.67. The monoisotopic (exact) mass is 357 g/mol. The second-order valence-electron chi connectivity index (χ2n) is 5.59. The lowest BCUT2D eigenvalue weighted by atomic mass is 10.1. The summed E-state index contributed by atoms with van der Waals surface area (Å²) >= 11 is 0. The molecule has 0 aliphatic heterocycles. The molecule has 1 heterocycles. The Balaban J connectivity index is 2.31. The summed E-state index contributed by atoms with van der Waals surface area (Å²) in [6.45, 7) is 4.06. The summed E-state index contributed by atoms with van der Waals surface area (Å²) in [6.07, 6.45) is 4.38. The number of methoxy groups -OCH3 is 3. The van der Waals surface area contributed by atoms with Crippen molar-refractivity contribution in [2.45, 2.75) is 26.3 Å². The molecule has 138 valence electrons. The van der Waals surface area contributed by atoms with Crippen molar-refractivity contribution in [3.05, 3.63) is 29.3 Å². The van der Waals surface area contributed by atoms with Crippen LogP contribution in [0.4, 0.5) is 5.88 Å². The molecule has 1 aromatic heterocycles. The van der Waals surface area contributed by atoms with Crippen molar-refractivity contribution in [2.24, 2.45) is 0 Å². The smallest absolute Gasteiger partial charge is 0.232 e. The second kappa shape index (κ2) is 8.81. The molecular formula is C19H23N3O4. The number of oxazole rings is 1. The van der Waals surface area contributed by atoms with Gasteiger partial charge >= 0.3 is 0 Å². The number of nitriles is 1. The van der Waals surface area contributed by atoms with Gasteiger partial charge in [-0.2, -0.15) is 10.2 Å². The van der Waals surface area contributed by atoms with Gasteiger partial charge in [-0.25, -0.2) is 0 Å². The van der Waals surface area contributed by atoms with Gasteiger partial charge in [-0.1, -0.05) is 6.92 Å². The van der Waals surface area contributed by atoms with E-state index in [4.69, 9.17) is 18.6 Å². The van der Waals surface area contributed by atoms with E-state index in [-0.39, 0.29) is 11.7 Å². The minimum atomic E-state index is 0.182. The number of ether oxygens (including phenoxy) is 3. The largest absolute Gasteiger partial charge is 0.493 e. The highest BCUT2D eigenvalue weighted by atomic mass is 16.5. The van der Waals surface area contributed by atoms with E-state index in [2.05, 4.69) is 10.3 Å². The van der Waals surface area contributed by atoms with Gasteiger partial charge in [0.15, 0.2) is 11.5 Å². The first-order valence-electron chi connectivity index (χ1n) is 8.21. The first kappa shape index (κ1) is 19.2. The predicted molar refractivity (Wildman–Crippen MR) is 99.6 cm³/mol. The number of nitrogens with zero attached hydrogens (tertiary/aromatic N) is 2. The zero-order valence-corrected chi connectivity index (χ0v) is 15.6. The molecule has 7 nitrogen and oxygen atoms in total. The molecule has 0 saturated carbocycles. The number of aromatic nitrogens is 1. The Morgan fingerprint density at radius 1 is 1.19 bits per heavy atom. The van der Waals surface area contributed by atoms with E-state index in [1.807, 2.05) is 32.0 Å². The minimum Gasteiger partial charge on any atom is -0.493 e. The fourth-order valence-corrected chi connectivity index (χ4v) is 2.27. The summed E-state index contributed by atoms with van der Waals surface area (Å²) in [4.78, 5) is 4.19. The summed E-state index contributed by atoms with van der Waals surface area (Å²) in [6, 6.07) is 5.84. The molecule has 1 N–H and O–H groups in total. The maximum atomic E-state index is 9.21. The average Bonchev–Trinajstić information content (AvgIpc) is 3.06. The molecule has 1 atom stereocenters. The third kappa shape index (κ3) is 4.28. The van der Waals surface area contributed by atoms with Crippen LogP contribution in [0.15, 0.2) is 16.5 Å². The van der Waals surface area contributed by atoms with Crippen LogP contribution >= 0.6 is 0 Å². The van der Waals surface area contributed by atoms with Crippen molar-refractivity contribution in [3.63, 3.8) is 0 Å². The molecule has 0 bridgehead atoms. The van der Waals surface area contributed by atoms with Crippen molar-refractivity contribution < 1.29 is 18.6 Å². The molecule has 7 heteroatoms. The molecule has 1 unspecified atom stereocenters. The maximum Gasteiger partial charge on any atom is 0.232 e. The summed E-state index contributed by atoms with van der Waals surface area (Å²) in [5, 5.41) is 12.4. The Hall–Kier alpha value is -3.14. The van der Waals surface area contributed by atoms with Gasteiger partial charge in [0.05, 0.1) is 21.3 Å². The van der Waals surface area contributed by atoms with E-state index < -0.39 is 0 Å².